The molecular formula is C22H23N5O5. The molecule has 0 radical (unpaired) electrons. The molecule has 3 aromatic rings. The summed E-state index contributed by atoms with van der Waals surface area (Å²) in [6.45, 7) is 0.0442. The van der Waals surface area contributed by atoms with E-state index >= 15 is 0 Å². The van der Waals surface area contributed by atoms with Gasteiger partial charge in [0.1, 0.15) is 5.75 Å². The summed E-state index contributed by atoms with van der Waals surface area (Å²) in [5.41, 5.74) is 1.93. The average molecular weight is 437 g/mol. The summed E-state index contributed by atoms with van der Waals surface area (Å²) in [5.74, 6) is -0.924. The second-order valence-electron chi connectivity index (χ2n) is 7.74. The Bertz CT molecular complexity index is 1280. The van der Waals surface area contributed by atoms with E-state index in [4.69, 9.17) is 4.74 Å². The van der Waals surface area contributed by atoms with E-state index in [1.165, 1.54) is 10.6 Å². The number of hydrogen-bond donors (Lipinski definition) is 2. The van der Waals surface area contributed by atoms with Crippen LogP contribution in [0.15, 0.2) is 41.3 Å². The molecule has 10 heteroatoms. The number of nitrogens with zero attached hydrogens (tertiary/aromatic N) is 3. The number of amides is 3. The fraction of sp³-hybridized carbons (Fsp3) is 0.318. The third-order valence-electron chi connectivity index (χ3n) is 5.45. The highest BCUT2D eigenvalue weighted by molar-refractivity contribution is 6.02. The standard InChI is InChI=1S/C22H23N5O5/c1-26-8-7-13(9-20(26)30)11-23-19(29)12-32-14-3-4-15-17(10-14)27(2)25-21(15)16-5-6-18(28)24-22(16)31/h3-4,7-10,16H,5-6,11-12H2,1-2H3,(H,23,29)(H,24,28,31). The van der Waals surface area contributed by atoms with Crippen molar-refractivity contribution in [3.63, 3.8) is 0 Å². The third kappa shape index (κ3) is 4.39. The molecule has 1 aromatic carbocycles. The van der Waals surface area contributed by atoms with Crippen LogP contribution in [0.3, 0.4) is 0 Å². The van der Waals surface area contributed by atoms with Gasteiger partial charge in [-0.25, -0.2) is 0 Å². The first kappa shape index (κ1) is 21.3. The molecule has 0 saturated carbocycles. The first-order valence-corrected chi connectivity index (χ1v) is 10.2. The predicted octanol–water partition coefficient (Wildman–Crippen LogP) is 0.487. The van der Waals surface area contributed by atoms with Crippen molar-refractivity contribution in [3.8, 4) is 5.75 Å². The van der Waals surface area contributed by atoms with Crippen molar-refractivity contribution >= 4 is 28.6 Å². The normalized spacial score (nSPS) is 16.1. The van der Waals surface area contributed by atoms with Gasteiger partial charge in [-0.05, 0) is 30.2 Å². The maximum Gasteiger partial charge on any atom is 0.258 e. The molecule has 1 fully saturated rings. The molecule has 1 saturated heterocycles. The summed E-state index contributed by atoms with van der Waals surface area (Å²) in [6.07, 6.45) is 2.34. The molecule has 1 unspecified atom stereocenters. The number of hydrogen-bond acceptors (Lipinski definition) is 6. The molecule has 3 amide bonds. The number of nitrogens with one attached hydrogen (secondary N) is 2. The highest BCUT2D eigenvalue weighted by Crippen LogP contribution is 2.31. The minimum atomic E-state index is -0.483. The molecule has 4 rings (SSSR count). The first-order valence-electron chi connectivity index (χ1n) is 10.2. The van der Waals surface area contributed by atoms with Gasteiger partial charge in [0.25, 0.3) is 11.5 Å². The molecule has 3 heterocycles. The van der Waals surface area contributed by atoms with Gasteiger partial charge >= 0.3 is 0 Å². The minimum absolute atomic E-state index is 0.144. The van der Waals surface area contributed by atoms with Crippen LogP contribution in [0, 0.1) is 0 Å². The summed E-state index contributed by atoms with van der Waals surface area (Å²) in [7, 11) is 3.42. The number of pyridine rings is 1. The Hall–Kier alpha value is -3.95. The Kier molecular flexibility index (Phi) is 5.76. The molecular weight excluding hydrogens is 414 g/mol. The topological polar surface area (TPSA) is 124 Å². The van der Waals surface area contributed by atoms with Gasteiger partial charge in [-0.15, -0.1) is 0 Å². The zero-order chi connectivity index (χ0) is 22.8. The lowest BCUT2D eigenvalue weighted by Gasteiger charge is -2.19. The average Bonchev–Trinajstić information content (AvgIpc) is 3.09. The van der Waals surface area contributed by atoms with E-state index in [-0.39, 0.29) is 42.9 Å². The van der Waals surface area contributed by atoms with Gasteiger partial charge in [-0.1, -0.05) is 0 Å². The number of aryl methyl sites for hydroxylation is 2. The molecule has 0 bridgehead atoms. The van der Waals surface area contributed by atoms with Crippen LogP contribution in [0.1, 0.15) is 30.0 Å². The molecule has 32 heavy (non-hydrogen) atoms. The highest BCUT2D eigenvalue weighted by atomic mass is 16.5. The van der Waals surface area contributed by atoms with Crippen LogP contribution >= 0.6 is 0 Å². The van der Waals surface area contributed by atoms with Crippen LogP contribution in [0.25, 0.3) is 10.9 Å². The minimum Gasteiger partial charge on any atom is -0.484 e. The van der Waals surface area contributed by atoms with Crippen LogP contribution in [-0.4, -0.2) is 38.7 Å². The van der Waals surface area contributed by atoms with Gasteiger partial charge in [0.05, 0.1) is 17.1 Å². The number of ether oxygens (including phenoxy) is 1. The van der Waals surface area contributed by atoms with Gasteiger partial charge in [0.15, 0.2) is 6.61 Å². The zero-order valence-electron chi connectivity index (χ0n) is 17.8. The van der Waals surface area contributed by atoms with Crippen LogP contribution in [-0.2, 0) is 35.0 Å². The number of fused-ring (bicyclic) bond motifs is 1. The predicted molar refractivity (Wildman–Crippen MR) is 115 cm³/mol. The Labute approximate surface area is 183 Å². The maximum absolute atomic E-state index is 12.2. The summed E-state index contributed by atoms with van der Waals surface area (Å²) >= 11 is 0. The van der Waals surface area contributed by atoms with Crippen LogP contribution in [0.2, 0.25) is 0 Å². The zero-order valence-corrected chi connectivity index (χ0v) is 17.8. The SMILES string of the molecule is Cn1ccc(CNC(=O)COc2ccc3c(C4CCC(=O)NC4=O)nn(C)c3c2)cc1=O. The van der Waals surface area contributed by atoms with Crippen LogP contribution < -0.4 is 20.9 Å². The lowest BCUT2D eigenvalue weighted by Crippen LogP contribution is -2.39. The molecule has 1 atom stereocenters. The van der Waals surface area contributed by atoms with Crippen molar-refractivity contribution in [2.75, 3.05) is 6.61 Å². The second kappa shape index (κ2) is 8.66. The lowest BCUT2D eigenvalue weighted by molar-refractivity contribution is -0.134. The van der Waals surface area contributed by atoms with Crippen molar-refractivity contribution in [1.29, 1.82) is 0 Å². The number of imide groups is 1. The van der Waals surface area contributed by atoms with Crippen molar-refractivity contribution in [2.45, 2.75) is 25.3 Å². The monoisotopic (exact) mass is 437 g/mol. The van der Waals surface area contributed by atoms with Gasteiger partial charge in [0, 0.05) is 50.8 Å². The highest BCUT2D eigenvalue weighted by Gasteiger charge is 2.31. The van der Waals surface area contributed by atoms with Crippen molar-refractivity contribution in [2.24, 2.45) is 14.1 Å². The van der Waals surface area contributed by atoms with Gasteiger partial charge in [-0.3, -0.25) is 29.2 Å². The summed E-state index contributed by atoms with van der Waals surface area (Å²) in [4.78, 5) is 47.4. The molecule has 1 aliphatic heterocycles. The smallest absolute Gasteiger partial charge is 0.258 e. The fourth-order valence-corrected chi connectivity index (χ4v) is 3.67. The molecule has 166 valence electrons. The molecule has 10 nitrogen and oxygen atoms in total. The van der Waals surface area contributed by atoms with E-state index in [1.807, 2.05) is 0 Å². The molecule has 0 spiro atoms. The van der Waals surface area contributed by atoms with E-state index in [2.05, 4.69) is 15.7 Å². The van der Waals surface area contributed by atoms with E-state index < -0.39 is 5.92 Å². The summed E-state index contributed by atoms with van der Waals surface area (Å²) in [5, 5.41) is 10.4. The van der Waals surface area contributed by atoms with Crippen LogP contribution in [0.5, 0.6) is 5.75 Å². The Morgan fingerprint density at radius 2 is 2.03 bits per heavy atom. The Balaban J connectivity index is 1.40. The number of rotatable bonds is 6. The largest absolute Gasteiger partial charge is 0.484 e. The summed E-state index contributed by atoms with van der Waals surface area (Å²) < 4.78 is 8.71. The maximum atomic E-state index is 12.2. The number of carbonyl (C=O) groups excluding carboxylic acids is 3. The van der Waals surface area contributed by atoms with E-state index in [1.54, 1.807) is 49.2 Å². The van der Waals surface area contributed by atoms with Crippen molar-refractivity contribution in [1.82, 2.24) is 25.0 Å². The van der Waals surface area contributed by atoms with E-state index in [0.717, 1.165) is 10.9 Å². The molecule has 2 aromatic heterocycles. The summed E-state index contributed by atoms with van der Waals surface area (Å²) in [6, 6.07) is 8.50. The quantitative estimate of drug-likeness (QED) is 0.541. The lowest BCUT2D eigenvalue weighted by atomic mass is 9.93. The number of carbonyl (C=O) groups is 3. The van der Waals surface area contributed by atoms with Gasteiger partial charge in [-0.2, -0.15) is 5.10 Å². The Morgan fingerprint density at radius 1 is 1.22 bits per heavy atom. The van der Waals surface area contributed by atoms with Crippen molar-refractivity contribution < 1.29 is 19.1 Å². The molecule has 1 aliphatic rings. The fourth-order valence-electron chi connectivity index (χ4n) is 3.67. The van der Waals surface area contributed by atoms with E-state index in [0.29, 0.717) is 23.4 Å². The second-order valence-corrected chi connectivity index (χ2v) is 7.74. The van der Waals surface area contributed by atoms with E-state index in [9.17, 15) is 19.2 Å². The number of aromatic nitrogens is 3. The van der Waals surface area contributed by atoms with Crippen molar-refractivity contribution in [3.05, 3.63) is 58.1 Å². The first-order chi connectivity index (χ1) is 15.3. The van der Waals surface area contributed by atoms with Gasteiger partial charge in [0.2, 0.25) is 11.8 Å². The Morgan fingerprint density at radius 3 is 2.78 bits per heavy atom. The van der Waals surface area contributed by atoms with Crippen LogP contribution in [0.4, 0.5) is 0 Å². The molecule has 0 aliphatic carbocycles. The molecule has 2 N–H and O–H groups in total. The number of piperidine rings is 1. The number of benzene rings is 1. The third-order valence-corrected chi connectivity index (χ3v) is 5.45. The van der Waals surface area contributed by atoms with Gasteiger partial charge < -0.3 is 14.6 Å².